The molecule has 0 bridgehead atoms. The third-order valence-electron chi connectivity index (χ3n) is 9.78. The van der Waals surface area contributed by atoms with Gasteiger partial charge in [-0.15, -0.1) is 11.3 Å². The standard InChI is InChI=1S/C49H31N5S/c1-5-15-32(16-6-1)33-27-29-34(30-28-33)41-31-42(51-46(50-41)35-17-7-2-8-18-35)38-23-13-24-39-44-40(25-14-26-43(44)55-45(38)39)49-53-47(36-19-9-3-10-20-36)52-48(54-49)37-21-11-4-12-22-37/h1-31H. The number of benzene rings is 7. The van der Waals surface area contributed by atoms with Gasteiger partial charge < -0.3 is 0 Å². The lowest BCUT2D eigenvalue weighted by Gasteiger charge is -2.11. The third kappa shape index (κ3) is 6.24. The number of nitrogens with zero attached hydrogens (tertiary/aromatic N) is 5. The van der Waals surface area contributed by atoms with E-state index < -0.39 is 0 Å². The predicted octanol–water partition coefficient (Wildman–Crippen LogP) is 12.7. The van der Waals surface area contributed by atoms with Crippen molar-refractivity contribution in [3.63, 3.8) is 0 Å². The Kier molecular flexibility index (Phi) is 8.28. The molecule has 3 aromatic heterocycles. The van der Waals surface area contributed by atoms with Crippen molar-refractivity contribution in [1.29, 1.82) is 0 Å². The molecule has 0 saturated carbocycles. The second-order valence-electron chi connectivity index (χ2n) is 13.3. The highest BCUT2D eigenvalue weighted by atomic mass is 32.1. The van der Waals surface area contributed by atoms with Gasteiger partial charge in [0.15, 0.2) is 23.3 Å². The van der Waals surface area contributed by atoms with Gasteiger partial charge in [-0.1, -0.05) is 176 Å². The lowest BCUT2D eigenvalue weighted by Crippen LogP contribution is -2.00. The van der Waals surface area contributed by atoms with Crippen LogP contribution < -0.4 is 0 Å². The highest BCUT2D eigenvalue weighted by molar-refractivity contribution is 7.26. The molecular weight excluding hydrogens is 691 g/mol. The molecule has 0 N–H and O–H groups in total. The van der Waals surface area contributed by atoms with Crippen LogP contribution in [-0.4, -0.2) is 24.9 Å². The molecule has 0 unspecified atom stereocenters. The molecule has 5 nitrogen and oxygen atoms in total. The van der Waals surface area contributed by atoms with Crippen LogP contribution >= 0.6 is 11.3 Å². The van der Waals surface area contributed by atoms with Crippen molar-refractivity contribution in [3.05, 3.63) is 188 Å². The second-order valence-corrected chi connectivity index (χ2v) is 14.3. The Bertz CT molecular complexity index is 2890. The van der Waals surface area contributed by atoms with Gasteiger partial charge in [0, 0.05) is 53.6 Å². The topological polar surface area (TPSA) is 64.5 Å². The molecule has 258 valence electrons. The Morgan fingerprint density at radius 2 is 0.764 bits per heavy atom. The van der Waals surface area contributed by atoms with E-state index in [0.717, 1.165) is 70.5 Å². The van der Waals surface area contributed by atoms with Crippen LogP contribution in [0.25, 0.3) is 99.4 Å². The molecule has 3 heterocycles. The number of hydrogen-bond donors (Lipinski definition) is 0. The summed E-state index contributed by atoms with van der Waals surface area (Å²) in [5.74, 6) is 2.60. The minimum absolute atomic E-state index is 0.637. The van der Waals surface area contributed by atoms with Crippen molar-refractivity contribution in [1.82, 2.24) is 24.9 Å². The fraction of sp³-hybridized carbons (Fsp3) is 0. The van der Waals surface area contributed by atoms with E-state index in [2.05, 4.69) is 103 Å². The molecule has 10 rings (SSSR count). The van der Waals surface area contributed by atoms with E-state index in [1.54, 1.807) is 11.3 Å². The van der Waals surface area contributed by atoms with Crippen molar-refractivity contribution in [2.75, 3.05) is 0 Å². The quantitative estimate of drug-likeness (QED) is 0.164. The molecule has 0 spiro atoms. The number of thiophene rings is 1. The molecule has 0 fully saturated rings. The molecule has 0 aliphatic rings. The molecule has 6 heteroatoms. The average molecular weight is 722 g/mol. The first kappa shape index (κ1) is 32.5. The molecule has 0 saturated heterocycles. The highest BCUT2D eigenvalue weighted by Crippen LogP contribution is 2.44. The highest BCUT2D eigenvalue weighted by Gasteiger charge is 2.20. The first-order valence-electron chi connectivity index (χ1n) is 18.2. The van der Waals surface area contributed by atoms with E-state index in [-0.39, 0.29) is 0 Å². The van der Waals surface area contributed by atoms with Crippen LogP contribution in [0, 0.1) is 0 Å². The molecular formula is C49H31N5S. The molecule has 0 amide bonds. The largest absolute Gasteiger partial charge is 0.228 e. The fourth-order valence-corrected chi connectivity index (χ4v) is 8.33. The summed E-state index contributed by atoms with van der Waals surface area (Å²) >= 11 is 1.76. The van der Waals surface area contributed by atoms with Crippen LogP contribution in [0.15, 0.2) is 188 Å². The smallest absolute Gasteiger partial charge is 0.164 e. The molecule has 0 aliphatic heterocycles. The number of rotatable bonds is 7. The van der Waals surface area contributed by atoms with Gasteiger partial charge in [-0.25, -0.2) is 24.9 Å². The molecule has 7 aromatic carbocycles. The lowest BCUT2D eigenvalue weighted by atomic mass is 10.0. The maximum absolute atomic E-state index is 5.22. The van der Waals surface area contributed by atoms with Gasteiger partial charge in [0.25, 0.3) is 0 Å². The Morgan fingerprint density at radius 3 is 1.36 bits per heavy atom. The first-order chi connectivity index (χ1) is 27.2. The zero-order valence-electron chi connectivity index (χ0n) is 29.5. The van der Waals surface area contributed by atoms with Crippen molar-refractivity contribution in [3.8, 4) is 79.2 Å². The van der Waals surface area contributed by atoms with Crippen LogP contribution in [-0.2, 0) is 0 Å². The van der Waals surface area contributed by atoms with Crippen molar-refractivity contribution >= 4 is 31.5 Å². The summed E-state index contributed by atoms with van der Waals surface area (Å²) in [6, 6.07) is 64.5. The lowest BCUT2D eigenvalue weighted by molar-refractivity contribution is 1.08. The molecule has 0 atom stereocenters. The van der Waals surface area contributed by atoms with Gasteiger partial charge in [-0.05, 0) is 23.3 Å². The summed E-state index contributed by atoms with van der Waals surface area (Å²) in [4.78, 5) is 25.5. The van der Waals surface area contributed by atoms with E-state index in [1.807, 2.05) is 84.9 Å². The van der Waals surface area contributed by atoms with Gasteiger partial charge in [0.1, 0.15) is 0 Å². The third-order valence-corrected chi connectivity index (χ3v) is 11.0. The van der Waals surface area contributed by atoms with Crippen LogP contribution in [0.5, 0.6) is 0 Å². The summed E-state index contributed by atoms with van der Waals surface area (Å²) in [7, 11) is 0. The van der Waals surface area contributed by atoms with Crippen LogP contribution in [0.3, 0.4) is 0 Å². The number of hydrogen-bond acceptors (Lipinski definition) is 6. The summed E-state index contributed by atoms with van der Waals surface area (Å²) in [6.07, 6.45) is 0. The minimum Gasteiger partial charge on any atom is -0.228 e. The first-order valence-corrected chi connectivity index (χ1v) is 19.0. The normalized spacial score (nSPS) is 11.3. The van der Waals surface area contributed by atoms with E-state index in [4.69, 9.17) is 24.9 Å². The van der Waals surface area contributed by atoms with Crippen LogP contribution in [0.4, 0.5) is 0 Å². The van der Waals surface area contributed by atoms with Gasteiger partial charge in [0.2, 0.25) is 0 Å². The maximum Gasteiger partial charge on any atom is 0.164 e. The average Bonchev–Trinajstić information content (AvgIpc) is 3.67. The van der Waals surface area contributed by atoms with Gasteiger partial charge in [-0.2, -0.15) is 0 Å². The summed E-state index contributed by atoms with van der Waals surface area (Å²) < 4.78 is 2.30. The van der Waals surface area contributed by atoms with E-state index >= 15 is 0 Å². The molecule has 55 heavy (non-hydrogen) atoms. The Hall–Kier alpha value is -7.15. The second kappa shape index (κ2) is 14.0. The van der Waals surface area contributed by atoms with Crippen LogP contribution in [0.2, 0.25) is 0 Å². The summed E-state index contributed by atoms with van der Waals surface area (Å²) in [5, 5.41) is 2.24. The van der Waals surface area contributed by atoms with Crippen molar-refractivity contribution in [2.24, 2.45) is 0 Å². The minimum atomic E-state index is 0.637. The maximum atomic E-state index is 5.22. The zero-order valence-corrected chi connectivity index (χ0v) is 30.4. The summed E-state index contributed by atoms with van der Waals surface area (Å²) in [5.41, 5.74) is 9.98. The molecule has 0 aliphatic carbocycles. The zero-order chi connectivity index (χ0) is 36.6. The Labute approximate surface area is 322 Å². The predicted molar refractivity (Wildman–Crippen MR) is 226 cm³/mol. The molecule has 10 aromatic rings. The number of fused-ring (bicyclic) bond motifs is 3. The van der Waals surface area contributed by atoms with E-state index in [1.165, 1.54) is 5.56 Å². The van der Waals surface area contributed by atoms with Gasteiger partial charge >= 0.3 is 0 Å². The van der Waals surface area contributed by atoms with E-state index in [9.17, 15) is 0 Å². The van der Waals surface area contributed by atoms with Crippen molar-refractivity contribution < 1.29 is 0 Å². The fourth-order valence-electron chi connectivity index (χ4n) is 7.08. The monoisotopic (exact) mass is 721 g/mol. The SMILES string of the molecule is c1ccc(-c2ccc(-c3cc(-c4cccc5c4sc4cccc(-c6nc(-c7ccccc7)nc(-c7ccccc7)n6)c45)nc(-c4ccccc4)n3)cc2)cc1. The Morgan fingerprint density at radius 1 is 0.309 bits per heavy atom. The Balaban J connectivity index is 1.14. The van der Waals surface area contributed by atoms with Gasteiger partial charge in [-0.3, -0.25) is 0 Å². The van der Waals surface area contributed by atoms with E-state index in [0.29, 0.717) is 23.3 Å². The van der Waals surface area contributed by atoms with Crippen LogP contribution in [0.1, 0.15) is 0 Å². The molecule has 0 radical (unpaired) electrons. The van der Waals surface area contributed by atoms with Crippen molar-refractivity contribution in [2.45, 2.75) is 0 Å². The van der Waals surface area contributed by atoms with Gasteiger partial charge in [0.05, 0.1) is 11.4 Å². The summed E-state index contributed by atoms with van der Waals surface area (Å²) in [6.45, 7) is 0. The number of aromatic nitrogens is 5.